The zero-order valence-electron chi connectivity index (χ0n) is 19.9. The number of hydrogen-bond donors (Lipinski definition) is 1. The highest BCUT2D eigenvalue weighted by molar-refractivity contribution is 7.89. The van der Waals surface area contributed by atoms with Gasteiger partial charge in [0.1, 0.15) is 10.6 Å². The summed E-state index contributed by atoms with van der Waals surface area (Å²) in [5, 5.41) is 6.98. The van der Waals surface area contributed by atoms with Gasteiger partial charge in [0.25, 0.3) is 11.7 Å². The molecule has 0 spiro atoms. The maximum Gasteiger partial charge on any atom is 0.296 e. The molecule has 0 aliphatic carbocycles. The highest BCUT2D eigenvalue weighted by Crippen LogP contribution is 2.32. The molecular formula is C25H28N4O5S. The summed E-state index contributed by atoms with van der Waals surface area (Å²) in [6, 6.07) is 13.7. The lowest BCUT2D eigenvalue weighted by Gasteiger charge is -2.19. The van der Waals surface area contributed by atoms with Gasteiger partial charge < -0.3 is 10.1 Å². The summed E-state index contributed by atoms with van der Waals surface area (Å²) in [5.74, 6) is -1.42. The molecule has 0 bridgehead atoms. The van der Waals surface area contributed by atoms with E-state index in [1.807, 2.05) is 30.3 Å². The van der Waals surface area contributed by atoms with Crippen molar-refractivity contribution in [3.05, 3.63) is 65.5 Å². The molecule has 0 radical (unpaired) electrons. The molecule has 1 N–H and O–H groups in total. The first-order valence-corrected chi connectivity index (χ1v) is 12.9. The number of benzene rings is 2. The molecule has 184 valence electrons. The zero-order valence-corrected chi connectivity index (χ0v) is 20.8. The highest BCUT2D eigenvalue weighted by atomic mass is 32.2. The van der Waals surface area contributed by atoms with E-state index >= 15 is 0 Å². The minimum Gasteiger partial charge on any atom is -0.492 e. The Labute approximate surface area is 204 Å². The topological polar surface area (TPSA) is 111 Å². The molecule has 0 unspecified atom stereocenters. The number of aryl methyl sites for hydroxylation is 1. The number of nitrogens with one attached hydrogen (secondary N) is 1. The Morgan fingerprint density at radius 1 is 1.06 bits per heavy atom. The lowest BCUT2D eigenvalue weighted by atomic mass is 10.1. The van der Waals surface area contributed by atoms with Crippen molar-refractivity contribution in [2.45, 2.75) is 38.5 Å². The van der Waals surface area contributed by atoms with Crippen LogP contribution in [0.4, 0.5) is 5.69 Å². The number of para-hydroxylation sites is 1. The van der Waals surface area contributed by atoms with Gasteiger partial charge in [-0.15, -0.1) is 0 Å². The van der Waals surface area contributed by atoms with Gasteiger partial charge >= 0.3 is 0 Å². The van der Waals surface area contributed by atoms with Crippen molar-refractivity contribution < 1.29 is 22.7 Å². The van der Waals surface area contributed by atoms with E-state index in [9.17, 15) is 18.0 Å². The molecule has 4 rings (SSSR count). The number of Topliss-reactive ketones (excluding diaryl/α,β-unsaturated/α-hetero) is 1. The Morgan fingerprint density at radius 2 is 1.74 bits per heavy atom. The van der Waals surface area contributed by atoms with Crippen molar-refractivity contribution in [2.24, 2.45) is 0 Å². The molecule has 1 amide bonds. The number of ketones is 1. The van der Waals surface area contributed by atoms with Gasteiger partial charge in [-0.05, 0) is 63.9 Å². The first-order valence-electron chi connectivity index (χ1n) is 11.5. The molecule has 35 heavy (non-hydrogen) atoms. The minimum atomic E-state index is -3.80. The second kappa shape index (κ2) is 10.0. The first-order chi connectivity index (χ1) is 16.7. The van der Waals surface area contributed by atoms with Crippen molar-refractivity contribution in [2.75, 3.05) is 25.0 Å². The van der Waals surface area contributed by atoms with Gasteiger partial charge in [-0.1, -0.05) is 18.2 Å². The fraction of sp³-hybridized carbons (Fsp3) is 0.320. The fourth-order valence-electron chi connectivity index (χ4n) is 4.22. The molecule has 10 heteroatoms. The van der Waals surface area contributed by atoms with Crippen molar-refractivity contribution in [1.29, 1.82) is 0 Å². The number of nitrogens with zero attached hydrogens (tertiary/aromatic N) is 3. The predicted molar refractivity (Wildman–Crippen MR) is 132 cm³/mol. The lowest BCUT2D eigenvalue weighted by Crippen LogP contribution is -2.28. The van der Waals surface area contributed by atoms with E-state index in [1.54, 1.807) is 25.5 Å². The normalized spacial score (nSPS) is 14.1. The number of rotatable bonds is 8. The van der Waals surface area contributed by atoms with Gasteiger partial charge in [0.15, 0.2) is 0 Å². The van der Waals surface area contributed by atoms with Crippen LogP contribution in [0.15, 0.2) is 53.4 Å². The third-order valence-electron chi connectivity index (χ3n) is 5.91. The number of hydrogen-bond acceptors (Lipinski definition) is 6. The smallest absolute Gasteiger partial charge is 0.296 e. The molecular weight excluding hydrogens is 468 g/mol. The van der Waals surface area contributed by atoms with Crippen LogP contribution in [0.1, 0.15) is 41.5 Å². The standard InChI is InChI=1S/C25H28N4O5S/c1-4-34-21-13-12-19(16-22(21)35(32,33)28-14-8-9-15-28)26-25(31)24(30)23-17(2)27-29(18(23)3)20-10-6-5-7-11-20/h5-7,10-13,16H,4,8-9,14-15H2,1-3H3,(H,26,31). The SMILES string of the molecule is CCOc1ccc(NC(=O)C(=O)c2c(C)nn(-c3ccccc3)c2C)cc1S(=O)(=O)N1CCCC1. The number of carbonyl (C=O) groups excluding carboxylic acids is 2. The van der Waals surface area contributed by atoms with Gasteiger partial charge in [-0.25, -0.2) is 13.1 Å². The van der Waals surface area contributed by atoms with Crippen LogP contribution < -0.4 is 10.1 Å². The number of anilines is 1. The summed E-state index contributed by atoms with van der Waals surface area (Å²) in [6.45, 7) is 6.33. The molecule has 9 nitrogen and oxygen atoms in total. The van der Waals surface area contributed by atoms with Crippen molar-refractivity contribution >= 4 is 27.4 Å². The van der Waals surface area contributed by atoms with E-state index in [4.69, 9.17) is 4.74 Å². The minimum absolute atomic E-state index is 0.0317. The van der Waals surface area contributed by atoms with Crippen LogP contribution in [-0.4, -0.2) is 53.9 Å². The average Bonchev–Trinajstić information content (AvgIpc) is 3.49. The molecule has 2 aromatic carbocycles. The van der Waals surface area contributed by atoms with Crippen LogP contribution in [0, 0.1) is 13.8 Å². The van der Waals surface area contributed by atoms with Crippen LogP contribution in [0.25, 0.3) is 5.69 Å². The second-order valence-corrected chi connectivity index (χ2v) is 10.2. The lowest BCUT2D eigenvalue weighted by molar-refractivity contribution is -0.112. The zero-order chi connectivity index (χ0) is 25.2. The summed E-state index contributed by atoms with van der Waals surface area (Å²) in [6.07, 6.45) is 1.59. The maximum absolute atomic E-state index is 13.2. The third kappa shape index (κ3) is 4.85. The Kier molecular flexibility index (Phi) is 7.04. The average molecular weight is 497 g/mol. The highest BCUT2D eigenvalue weighted by Gasteiger charge is 2.31. The van der Waals surface area contributed by atoms with Crippen molar-refractivity contribution in [3.63, 3.8) is 0 Å². The van der Waals surface area contributed by atoms with Gasteiger partial charge in [-0.3, -0.25) is 9.59 Å². The molecule has 2 heterocycles. The van der Waals surface area contributed by atoms with Crippen LogP contribution in [0.2, 0.25) is 0 Å². The molecule has 1 aliphatic heterocycles. The Balaban J connectivity index is 1.62. The Hall–Kier alpha value is -3.50. The van der Waals surface area contributed by atoms with Gasteiger partial charge in [0.05, 0.1) is 29.2 Å². The molecule has 0 atom stereocenters. The maximum atomic E-state index is 13.2. The second-order valence-electron chi connectivity index (χ2n) is 8.28. The number of aromatic nitrogens is 2. The summed E-state index contributed by atoms with van der Waals surface area (Å²) >= 11 is 0. The quantitative estimate of drug-likeness (QED) is 0.378. The van der Waals surface area contributed by atoms with E-state index in [0.717, 1.165) is 18.5 Å². The molecule has 3 aromatic rings. The molecule has 1 aliphatic rings. The van der Waals surface area contributed by atoms with Gasteiger partial charge in [0, 0.05) is 18.8 Å². The van der Waals surface area contributed by atoms with E-state index in [0.29, 0.717) is 24.5 Å². The number of sulfonamides is 1. The summed E-state index contributed by atoms with van der Waals surface area (Å²) in [7, 11) is -3.80. The summed E-state index contributed by atoms with van der Waals surface area (Å²) in [5.41, 5.74) is 2.14. The monoisotopic (exact) mass is 496 g/mol. The largest absolute Gasteiger partial charge is 0.492 e. The van der Waals surface area contributed by atoms with Crippen molar-refractivity contribution in [3.8, 4) is 11.4 Å². The van der Waals surface area contributed by atoms with Crippen LogP contribution in [0.3, 0.4) is 0 Å². The molecule has 1 aromatic heterocycles. The molecule has 0 saturated carbocycles. The number of amides is 1. The van der Waals surface area contributed by atoms with Crippen molar-refractivity contribution in [1.82, 2.24) is 14.1 Å². The van der Waals surface area contributed by atoms with Crippen LogP contribution >= 0.6 is 0 Å². The Bertz CT molecular complexity index is 1360. The van der Waals surface area contributed by atoms with Gasteiger partial charge in [0.2, 0.25) is 10.0 Å². The molecule has 1 fully saturated rings. The number of ether oxygens (including phenoxy) is 1. The van der Waals surface area contributed by atoms with E-state index < -0.39 is 21.7 Å². The predicted octanol–water partition coefficient (Wildman–Crippen LogP) is 3.49. The number of carbonyl (C=O) groups is 2. The summed E-state index contributed by atoms with van der Waals surface area (Å²) in [4.78, 5) is 25.9. The van der Waals surface area contributed by atoms with Crippen LogP contribution in [0.5, 0.6) is 5.75 Å². The Morgan fingerprint density at radius 3 is 2.40 bits per heavy atom. The van der Waals surface area contributed by atoms with E-state index in [-0.39, 0.29) is 28.5 Å². The third-order valence-corrected chi connectivity index (χ3v) is 7.83. The summed E-state index contributed by atoms with van der Waals surface area (Å²) < 4.78 is 35.0. The van der Waals surface area contributed by atoms with E-state index in [1.165, 1.54) is 22.5 Å². The fourth-order valence-corrected chi connectivity index (χ4v) is 5.90. The van der Waals surface area contributed by atoms with Crippen LogP contribution in [-0.2, 0) is 14.8 Å². The van der Waals surface area contributed by atoms with Gasteiger partial charge in [-0.2, -0.15) is 9.40 Å². The molecule has 1 saturated heterocycles. The van der Waals surface area contributed by atoms with E-state index in [2.05, 4.69) is 10.4 Å². The first kappa shape index (κ1) is 24.6.